The van der Waals surface area contributed by atoms with Crippen molar-refractivity contribution >= 4 is 28.4 Å². The van der Waals surface area contributed by atoms with Crippen LogP contribution in [0.4, 0.5) is 0 Å². The van der Waals surface area contributed by atoms with Gasteiger partial charge in [-0.1, -0.05) is 30.6 Å². The minimum atomic E-state index is -0.225. The predicted molar refractivity (Wildman–Crippen MR) is 102 cm³/mol. The molecule has 3 aromatic rings. The minimum absolute atomic E-state index is 0.225. The molecule has 0 aliphatic heterocycles. The molecule has 0 saturated carbocycles. The second-order valence-electron chi connectivity index (χ2n) is 6.15. The highest BCUT2D eigenvalue weighted by Crippen LogP contribution is 2.22. The van der Waals surface area contributed by atoms with Crippen LogP contribution in [0.5, 0.6) is 0 Å². The van der Waals surface area contributed by atoms with Gasteiger partial charge >= 0.3 is 0 Å². The van der Waals surface area contributed by atoms with Crippen LogP contribution >= 0.6 is 11.6 Å². The number of fused-ring (bicyclic) bond motifs is 1. The van der Waals surface area contributed by atoms with Crippen molar-refractivity contribution in [3.8, 4) is 0 Å². The summed E-state index contributed by atoms with van der Waals surface area (Å²) < 4.78 is 5.27. The molecule has 0 aliphatic rings. The molecule has 26 heavy (non-hydrogen) atoms. The first kappa shape index (κ1) is 18.5. The Morgan fingerprint density at radius 1 is 1.31 bits per heavy atom. The summed E-state index contributed by atoms with van der Waals surface area (Å²) in [6, 6.07) is 7.44. The monoisotopic (exact) mass is 374 g/mol. The Bertz CT molecular complexity index is 883. The van der Waals surface area contributed by atoms with Crippen molar-refractivity contribution in [1.82, 2.24) is 20.4 Å². The number of rotatable bonds is 8. The van der Waals surface area contributed by atoms with Gasteiger partial charge in [0.05, 0.1) is 6.54 Å². The Balaban J connectivity index is 1.55. The first-order valence-corrected chi connectivity index (χ1v) is 9.20. The lowest BCUT2D eigenvalue weighted by Gasteiger charge is -2.14. The van der Waals surface area contributed by atoms with E-state index in [1.54, 1.807) is 6.07 Å². The summed E-state index contributed by atoms with van der Waals surface area (Å²) in [4.78, 5) is 17.7. The summed E-state index contributed by atoms with van der Waals surface area (Å²) >= 11 is 6.07. The van der Waals surface area contributed by atoms with E-state index in [0.29, 0.717) is 36.0 Å². The van der Waals surface area contributed by atoms with Gasteiger partial charge in [0, 0.05) is 34.7 Å². The molecular formula is C19H23ClN4O2. The van der Waals surface area contributed by atoms with Gasteiger partial charge < -0.3 is 14.8 Å². The average Bonchev–Trinajstić information content (AvgIpc) is 3.26. The number of H-pyrrole nitrogens is 1. The lowest BCUT2D eigenvalue weighted by Crippen LogP contribution is -2.26. The fraction of sp³-hybridized carbons (Fsp3) is 0.368. The number of nitrogens with zero attached hydrogens (tertiary/aromatic N) is 2. The molecule has 1 aromatic carbocycles. The van der Waals surface area contributed by atoms with E-state index in [1.807, 2.05) is 24.4 Å². The fourth-order valence-corrected chi connectivity index (χ4v) is 3.09. The number of hydrogen-bond donors (Lipinski definition) is 2. The SMILES string of the molecule is CCN(CC)Cc1cc(C(=O)NCCc2c[nH]c3ccc(Cl)cc23)no1. The number of halogens is 1. The quantitative estimate of drug-likeness (QED) is 0.631. The maximum atomic E-state index is 12.3. The number of carbonyl (C=O) groups is 1. The van der Waals surface area contributed by atoms with Crippen LogP contribution in [0.2, 0.25) is 5.02 Å². The third kappa shape index (κ3) is 4.26. The van der Waals surface area contributed by atoms with Crippen LogP contribution in [-0.2, 0) is 13.0 Å². The first-order chi connectivity index (χ1) is 12.6. The van der Waals surface area contributed by atoms with E-state index < -0.39 is 0 Å². The predicted octanol–water partition coefficient (Wildman–Crippen LogP) is 3.62. The number of aromatic nitrogens is 2. The molecule has 0 spiro atoms. The Morgan fingerprint density at radius 2 is 2.12 bits per heavy atom. The number of nitrogens with one attached hydrogen (secondary N) is 2. The molecule has 7 heteroatoms. The van der Waals surface area contributed by atoms with Crippen LogP contribution in [0, 0.1) is 0 Å². The summed E-state index contributed by atoms with van der Waals surface area (Å²) in [5.74, 6) is 0.475. The minimum Gasteiger partial charge on any atom is -0.361 e. The van der Waals surface area contributed by atoms with E-state index in [-0.39, 0.29) is 5.91 Å². The van der Waals surface area contributed by atoms with E-state index in [0.717, 1.165) is 29.6 Å². The van der Waals surface area contributed by atoms with E-state index in [2.05, 4.69) is 34.2 Å². The van der Waals surface area contributed by atoms with Crippen LogP contribution in [-0.4, -0.2) is 40.6 Å². The average molecular weight is 375 g/mol. The summed E-state index contributed by atoms with van der Waals surface area (Å²) in [6.45, 7) is 7.19. The summed E-state index contributed by atoms with van der Waals surface area (Å²) in [6.07, 6.45) is 2.65. The molecule has 1 amide bonds. The third-order valence-electron chi connectivity index (χ3n) is 4.47. The Kier molecular flexibility index (Phi) is 5.96. The van der Waals surface area contributed by atoms with Crippen LogP contribution in [0.1, 0.15) is 35.7 Å². The maximum Gasteiger partial charge on any atom is 0.273 e. The zero-order valence-corrected chi connectivity index (χ0v) is 15.8. The second-order valence-corrected chi connectivity index (χ2v) is 6.59. The zero-order valence-electron chi connectivity index (χ0n) is 15.0. The maximum absolute atomic E-state index is 12.3. The van der Waals surface area contributed by atoms with E-state index in [9.17, 15) is 4.79 Å². The van der Waals surface area contributed by atoms with Gasteiger partial charge in [-0.05, 0) is 43.3 Å². The van der Waals surface area contributed by atoms with Crippen molar-refractivity contribution in [3.63, 3.8) is 0 Å². The van der Waals surface area contributed by atoms with Gasteiger partial charge in [0.2, 0.25) is 0 Å². The molecule has 0 bridgehead atoms. The molecule has 0 fully saturated rings. The van der Waals surface area contributed by atoms with E-state index in [4.69, 9.17) is 16.1 Å². The van der Waals surface area contributed by atoms with Gasteiger partial charge in [-0.3, -0.25) is 9.69 Å². The highest BCUT2D eigenvalue weighted by molar-refractivity contribution is 6.31. The van der Waals surface area contributed by atoms with E-state index in [1.165, 1.54) is 0 Å². The molecule has 0 saturated heterocycles. The molecule has 3 rings (SSSR count). The molecule has 2 aromatic heterocycles. The largest absolute Gasteiger partial charge is 0.361 e. The molecule has 0 atom stereocenters. The van der Waals surface area contributed by atoms with Gasteiger partial charge in [0.1, 0.15) is 0 Å². The standard InChI is InChI=1S/C19H23ClN4O2/c1-3-24(4-2)12-15-10-18(23-26-15)19(25)21-8-7-13-11-22-17-6-5-14(20)9-16(13)17/h5-6,9-11,22H,3-4,7-8,12H2,1-2H3,(H,21,25). The van der Waals surface area contributed by atoms with E-state index >= 15 is 0 Å². The number of hydrogen-bond acceptors (Lipinski definition) is 4. The van der Waals surface area contributed by atoms with Crippen LogP contribution in [0.25, 0.3) is 10.9 Å². The highest BCUT2D eigenvalue weighted by atomic mass is 35.5. The number of carbonyl (C=O) groups excluding carboxylic acids is 1. The van der Waals surface area contributed by atoms with Gasteiger partial charge in [-0.2, -0.15) is 0 Å². The third-order valence-corrected chi connectivity index (χ3v) is 4.71. The van der Waals surface area contributed by atoms with Crippen molar-refractivity contribution in [2.75, 3.05) is 19.6 Å². The van der Waals surface area contributed by atoms with Gasteiger partial charge in [-0.15, -0.1) is 0 Å². The smallest absolute Gasteiger partial charge is 0.273 e. The topological polar surface area (TPSA) is 74.2 Å². The molecule has 0 aliphatic carbocycles. The molecule has 0 unspecified atom stereocenters. The summed E-state index contributed by atoms with van der Waals surface area (Å²) in [7, 11) is 0. The second kappa shape index (κ2) is 8.38. The molecular weight excluding hydrogens is 352 g/mol. The van der Waals surface area contributed by atoms with Gasteiger partial charge in [0.25, 0.3) is 5.91 Å². The summed E-state index contributed by atoms with van der Waals surface area (Å²) in [5, 5.41) is 8.55. The van der Waals surface area contributed by atoms with Crippen LogP contribution in [0.3, 0.4) is 0 Å². The number of benzene rings is 1. The van der Waals surface area contributed by atoms with Crippen molar-refractivity contribution in [3.05, 3.63) is 52.5 Å². The van der Waals surface area contributed by atoms with Crippen molar-refractivity contribution < 1.29 is 9.32 Å². The number of aromatic amines is 1. The summed E-state index contributed by atoms with van der Waals surface area (Å²) in [5.41, 5.74) is 2.47. The van der Waals surface area contributed by atoms with Gasteiger partial charge in [-0.25, -0.2) is 0 Å². The highest BCUT2D eigenvalue weighted by Gasteiger charge is 2.14. The van der Waals surface area contributed by atoms with Crippen molar-refractivity contribution in [1.29, 1.82) is 0 Å². The zero-order chi connectivity index (χ0) is 18.5. The molecule has 138 valence electrons. The number of amides is 1. The van der Waals surface area contributed by atoms with Gasteiger partial charge in [0.15, 0.2) is 11.5 Å². The normalized spacial score (nSPS) is 11.4. The van der Waals surface area contributed by atoms with Crippen molar-refractivity contribution in [2.24, 2.45) is 0 Å². The lowest BCUT2D eigenvalue weighted by molar-refractivity contribution is 0.0945. The fourth-order valence-electron chi connectivity index (χ4n) is 2.92. The lowest BCUT2D eigenvalue weighted by atomic mass is 10.1. The molecule has 6 nitrogen and oxygen atoms in total. The van der Waals surface area contributed by atoms with Crippen LogP contribution in [0.15, 0.2) is 35.0 Å². The Labute approximate surface area is 157 Å². The van der Waals surface area contributed by atoms with Crippen LogP contribution < -0.4 is 5.32 Å². The first-order valence-electron chi connectivity index (χ1n) is 8.82. The molecule has 2 N–H and O–H groups in total. The molecule has 0 radical (unpaired) electrons. The Hall–Kier alpha value is -2.31. The Morgan fingerprint density at radius 3 is 2.88 bits per heavy atom. The van der Waals surface area contributed by atoms with Crippen molar-refractivity contribution in [2.45, 2.75) is 26.8 Å². The molecule has 2 heterocycles.